The molecule has 0 radical (unpaired) electrons. The average Bonchev–Trinajstić information content (AvgIpc) is 3.29. The molecule has 1 saturated heterocycles. The van der Waals surface area contributed by atoms with Gasteiger partial charge in [0.2, 0.25) is 0 Å². The van der Waals surface area contributed by atoms with E-state index in [0.717, 1.165) is 18.8 Å². The Kier molecular flexibility index (Phi) is 7.43. The number of aromatic amines is 1. The van der Waals surface area contributed by atoms with Crippen molar-refractivity contribution in [3.8, 4) is 5.75 Å². The Bertz CT molecular complexity index is 1370. The van der Waals surface area contributed by atoms with Crippen molar-refractivity contribution in [3.63, 3.8) is 0 Å². The number of fused-ring (bicyclic) bond motifs is 1. The van der Waals surface area contributed by atoms with Crippen LogP contribution in [-0.2, 0) is 11.3 Å². The number of morpholine rings is 1. The van der Waals surface area contributed by atoms with Gasteiger partial charge in [0.15, 0.2) is 5.83 Å². The summed E-state index contributed by atoms with van der Waals surface area (Å²) in [5.74, 6) is -0.0245. The fourth-order valence-electron chi connectivity index (χ4n) is 4.04. The highest BCUT2D eigenvalue weighted by Gasteiger charge is 2.18. The van der Waals surface area contributed by atoms with Gasteiger partial charge in [0, 0.05) is 49.1 Å². The number of aromatic nitrogens is 5. The van der Waals surface area contributed by atoms with Crippen molar-refractivity contribution in [1.82, 2.24) is 30.3 Å². The van der Waals surface area contributed by atoms with Crippen LogP contribution in [0.25, 0.3) is 22.8 Å². The summed E-state index contributed by atoms with van der Waals surface area (Å²) in [5.41, 5.74) is 2.67. The molecule has 1 aromatic carbocycles. The van der Waals surface area contributed by atoms with Gasteiger partial charge in [-0.15, -0.1) is 0 Å². The number of halogens is 3. The molecule has 0 amide bonds. The van der Waals surface area contributed by atoms with Gasteiger partial charge < -0.3 is 9.47 Å². The highest BCUT2D eigenvalue weighted by Crippen LogP contribution is 2.34. The molecule has 4 aromatic rings. The van der Waals surface area contributed by atoms with Crippen LogP contribution >= 0.6 is 23.2 Å². The van der Waals surface area contributed by atoms with Gasteiger partial charge in [-0.3, -0.25) is 15.0 Å². The fourth-order valence-corrected chi connectivity index (χ4v) is 4.71. The molecule has 1 atom stereocenters. The minimum absolute atomic E-state index is 0.155. The van der Waals surface area contributed by atoms with Crippen LogP contribution in [0.3, 0.4) is 0 Å². The van der Waals surface area contributed by atoms with E-state index in [2.05, 4.69) is 30.3 Å². The average molecular weight is 529 g/mol. The number of pyridine rings is 1. The normalized spacial score (nSPS) is 15.8. The van der Waals surface area contributed by atoms with Gasteiger partial charge in [-0.25, -0.2) is 4.39 Å². The first kappa shape index (κ1) is 24.6. The first-order chi connectivity index (χ1) is 17.5. The zero-order chi connectivity index (χ0) is 25.1. The van der Waals surface area contributed by atoms with E-state index in [-0.39, 0.29) is 5.69 Å². The van der Waals surface area contributed by atoms with Crippen LogP contribution in [0.15, 0.2) is 42.7 Å². The summed E-state index contributed by atoms with van der Waals surface area (Å²) in [5, 5.41) is 16.8. The number of nitrogens with one attached hydrogen (secondary N) is 1. The predicted octanol–water partition coefficient (Wildman–Crippen LogP) is 5.49. The van der Waals surface area contributed by atoms with E-state index < -0.39 is 11.9 Å². The Balaban J connectivity index is 1.34. The summed E-state index contributed by atoms with van der Waals surface area (Å²) in [6, 6.07) is 8.86. The first-order valence-electron chi connectivity index (χ1n) is 11.4. The van der Waals surface area contributed by atoms with E-state index in [1.807, 2.05) is 13.0 Å². The minimum Gasteiger partial charge on any atom is -0.486 e. The van der Waals surface area contributed by atoms with E-state index in [9.17, 15) is 0 Å². The van der Waals surface area contributed by atoms with Crippen molar-refractivity contribution in [1.29, 1.82) is 0 Å². The van der Waals surface area contributed by atoms with Crippen molar-refractivity contribution in [2.45, 2.75) is 19.6 Å². The van der Waals surface area contributed by atoms with Gasteiger partial charge in [0.25, 0.3) is 0 Å². The molecule has 1 N–H and O–H groups in total. The van der Waals surface area contributed by atoms with Crippen molar-refractivity contribution >= 4 is 46.0 Å². The molecule has 3 aromatic heterocycles. The van der Waals surface area contributed by atoms with Crippen LogP contribution in [0.4, 0.5) is 4.39 Å². The second-order valence-electron chi connectivity index (χ2n) is 8.39. The number of benzene rings is 1. The Labute approximate surface area is 217 Å². The first-order valence-corrected chi connectivity index (χ1v) is 12.2. The van der Waals surface area contributed by atoms with Gasteiger partial charge in [-0.1, -0.05) is 23.2 Å². The van der Waals surface area contributed by atoms with Crippen LogP contribution in [0.1, 0.15) is 35.7 Å². The summed E-state index contributed by atoms with van der Waals surface area (Å²) in [6.07, 6.45) is 3.89. The van der Waals surface area contributed by atoms with Crippen molar-refractivity contribution < 1.29 is 13.9 Å². The Hall–Kier alpha value is -3.11. The molecular weight excluding hydrogens is 506 g/mol. The standard InChI is InChI=1S/C25H23Cl2FN6O2/c1-15(24-20(26)12-29-13-21(24)27)36-18-4-5-23-19(11-18)25(33-32-23)22(28)10-16-2-3-17(31-30-16)14-34-6-8-35-9-7-34/h2-5,10-13,15H,6-9,14H2,1H3,(H,32,33)/b22-10-. The van der Waals surface area contributed by atoms with E-state index >= 15 is 4.39 Å². The molecule has 8 nitrogen and oxygen atoms in total. The third-order valence-electron chi connectivity index (χ3n) is 5.87. The Morgan fingerprint density at radius 3 is 2.67 bits per heavy atom. The van der Waals surface area contributed by atoms with Crippen LogP contribution in [-0.4, -0.2) is 56.6 Å². The second-order valence-corrected chi connectivity index (χ2v) is 9.20. The molecule has 186 valence electrons. The van der Waals surface area contributed by atoms with Gasteiger partial charge >= 0.3 is 0 Å². The van der Waals surface area contributed by atoms with Gasteiger partial charge in [0.05, 0.1) is 40.2 Å². The van der Waals surface area contributed by atoms with Crippen LogP contribution in [0.2, 0.25) is 10.0 Å². The largest absolute Gasteiger partial charge is 0.486 e. The maximum absolute atomic E-state index is 15.2. The maximum Gasteiger partial charge on any atom is 0.153 e. The molecule has 1 fully saturated rings. The molecule has 5 rings (SSSR count). The molecular formula is C25H23Cl2FN6O2. The third-order valence-corrected chi connectivity index (χ3v) is 6.48. The number of rotatable bonds is 7. The lowest BCUT2D eigenvalue weighted by Crippen LogP contribution is -2.35. The number of ether oxygens (including phenoxy) is 2. The van der Waals surface area contributed by atoms with E-state index in [1.165, 1.54) is 18.5 Å². The topological polar surface area (TPSA) is 89.0 Å². The van der Waals surface area contributed by atoms with E-state index in [1.54, 1.807) is 24.3 Å². The van der Waals surface area contributed by atoms with Gasteiger partial charge in [-0.05, 0) is 37.3 Å². The lowest BCUT2D eigenvalue weighted by molar-refractivity contribution is 0.0335. The number of nitrogens with zero attached hydrogens (tertiary/aromatic N) is 5. The molecule has 4 heterocycles. The number of hydrogen-bond donors (Lipinski definition) is 1. The molecule has 11 heteroatoms. The molecule has 1 aliphatic rings. The lowest BCUT2D eigenvalue weighted by Gasteiger charge is -2.25. The lowest BCUT2D eigenvalue weighted by atomic mass is 10.1. The molecule has 1 aliphatic heterocycles. The second kappa shape index (κ2) is 10.9. The zero-order valence-electron chi connectivity index (χ0n) is 19.4. The van der Waals surface area contributed by atoms with Crippen LogP contribution in [0.5, 0.6) is 5.75 Å². The van der Waals surface area contributed by atoms with Gasteiger partial charge in [0.1, 0.15) is 17.5 Å². The van der Waals surface area contributed by atoms with Crippen molar-refractivity contribution in [2.24, 2.45) is 0 Å². The zero-order valence-corrected chi connectivity index (χ0v) is 20.9. The van der Waals surface area contributed by atoms with E-state index in [0.29, 0.717) is 57.7 Å². The molecule has 0 spiro atoms. The van der Waals surface area contributed by atoms with Crippen molar-refractivity contribution in [3.05, 3.63) is 75.4 Å². The Morgan fingerprint density at radius 1 is 1.17 bits per heavy atom. The van der Waals surface area contributed by atoms with Crippen LogP contribution < -0.4 is 4.74 Å². The maximum atomic E-state index is 15.2. The smallest absolute Gasteiger partial charge is 0.153 e. The predicted molar refractivity (Wildman–Crippen MR) is 137 cm³/mol. The summed E-state index contributed by atoms with van der Waals surface area (Å²) < 4.78 is 26.6. The molecule has 0 aliphatic carbocycles. The molecule has 0 saturated carbocycles. The van der Waals surface area contributed by atoms with Crippen LogP contribution in [0, 0.1) is 0 Å². The molecule has 36 heavy (non-hydrogen) atoms. The molecule has 1 unspecified atom stereocenters. The van der Waals surface area contributed by atoms with Crippen molar-refractivity contribution in [2.75, 3.05) is 26.3 Å². The summed E-state index contributed by atoms with van der Waals surface area (Å²) in [7, 11) is 0. The highest BCUT2D eigenvalue weighted by molar-refractivity contribution is 6.35. The third kappa shape index (κ3) is 5.49. The minimum atomic E-state index is -0.540. The summed E-state index contributed by atoms with van der Waals surface area (Å²) in [6.45, 7) is 5.66. The monoisotopic (exact) mass is 528 g/mol. The van der Waals surface area contributed by atoms with E-state index in [4.69, 9.17) is 32.7 Å². The molecule has 0 bridgehead atoms. The SMILES string of the molecule is CC(Oc1ccc2[nH]nc(/C(F)=C/c3ccc(CN4CCOCC4)nn3)c2c1)c1c(Cl)cncc1Cl. The number of hydrogen-bond acceptors (Lipinski definition) is 7. The highest BCUT2D eigenvalue weighted by atomic mass is 35.5. The Morgan fingerprint density at radius 2 is 1.94 bits per heavy atom. The quantitative estimate of drug-likeness (QED) is 0.339. The summed E-state index contributed by atoms with van der Waals surface area (Å²) in [4.78, 5) is 6.21. The van der Waals surface area contributed by atoms with Gasteiger partial charge in [-0.2, -0.15) is 15.3 Å². The number of H-pyrrole nitrogens is 1. The fraction of sp³-hybridized carbons (Fsp3) is 0.280. The summed E-state index contributed by atoms with van der Waals surface area (Å²) >= 11 is 12.5.